The molecule has 0 N–H and O–H groups in total. The topological polar surface area (TPSA) is 38.7 Å². The number of esters is 1. The molecule has 108 valence electrons. The van der Waals surface area contributed by atoms with Crippen LogP contribution in [0.4, 0.5) is 5.69 Å². The smallest absolute Gasteiger partial charge is 0.338 e. The van der Waals surface area contributed by atoms with Gasteiger partial charge in [-0.2, -0.15) is 0 Å². The van der Waals surface area contributed by atoms with Crippen LogP contribution in [0.1, 0.15) is 35.3 Å². The van der Waals surface area contributed by atoms with Gasteiger partial charge in [0, 0.05) is 6.21 Å². The van der Waals surface area contributed by atoms with Crippen molar-refractivity contribution in [1.29, 1.82) is 0 Å². The monoisotopic (exact) mass is 281 g/mol. The fourth-order valence-corrected chi connectivity index (χ4v) is 1.89. The SMILES string of the molecule is CCOC(=O)c1ccc(/N=C/c2ccc(CC)cc2)cc1. The van der Waals surface area contributed by atoms with E-state index >= 15 is 0 Å². The van der Waals surface area contributed by atoms with Gasteiger partial charge in [-0.15, -0.1) is 0 Å². The molecule has 0 aliphatic carbocycles. The van der Waals surface area contributed by atoms with E-state index in [2.05, 4.69) is 36.2 Å². The highest BCUT2D eigenvalue weighted by atomic mass is 16.5. The number of rotatable bonds is 5. The molecule has 0 atom stereocenters. The zero-order chi connectivity index (χ0) is 15.1. The van der Waals surface area contributed by atoms with E-state index in [0.29, 0.717) is 12.2 Å². The summed E-state index contributed by atoms with van der Waals surface area (Å²) in [6, 6.07) is 15.4. The fraction of sp³-hybridized carbons (Fsp3) is 0.222. The number of nitrogens with zero attached hydrogens (tertiary/aromatic N) is 1. The van der Waals surface area contributed by atoms with Gasteiger partial charge in [0.2, 0.25) is 0 Å². The van der Waals surface area contributed by atoms with Gasteiger partial charge in [-0.1, -0.05) is 31.2 Å². The second-order valence-corrected chi connectivity index (χ2v) is 4.62. The van der Waals surface area contributed by atoms with E-state index in [-0.39, 0.29) is 5.97 Å². The molecule has 2 aromatic carbocycles. The highest BCUT2D eigenvalue weighted by Gasteiger charge is 2.04. The van der Waals surface area contributed by atoms with Crippen LogP contribution in [0.3, 0.4) is 0 Å². The number of aryl methyl sites for hydroxylation is 1. The zero-order valence-electron chi connectivity index (χ0n) is 12.4. The minimum atomic E-state index is -0.303. The first-order valence-electron chi connectivity index (χ1n) is 7.13. The van der Waals surface area contributed by atoms with Gasteiger partial charge in [0.05, 0.1) is 17.9 Å². The maximum atomic E-state index is 11.5. The van der Waals surface area contributed by atoms with Gasteiger partial charge >= 0.3 is 5.97 Å². The molecular formula is C18H19NO2. The molecule has 0 heterocycles. The molecule has 0 aliphatic rings. The Hall–Kier alpha value is -2.42. The van der Waals surface area contributed by atoms with Gasteiger partial charge in [0.15, 0.2) is 0 Å². The Balaban J connectivity index is 2.05. The van der Waals surface area contributed by atoms with Gasteiger partial charge < -0.3 is 4.74 Å². The van der Waals surface area contributed by atoms with E-state index in [0.717, 1.165) is 17.7 Å². The molecule has 0 aromatic heterocycles. The van der Waals surface area contributed by atoms with E-state index in [1.807, 2.05) is 18.3 Å². The third kappa shape index (κ3) is 4.28. The Kier molecular flexibility index (Phi) is 5.27. The first-order chi connectivity index (χ1) is 10.2. The molecule has 2 rings (SSSR count). The highest BCUT2D eigenvalue weighted by molar-refractivity contribution is 5.90. The first-order valence-corrected chi connectivity index (χ1v) is 7.13. The van der Waals surface area contributed by atoms with Crippen LogP contribution in [0, 0.1) is 0 Å². The molecule has 3 nitrogen and oxygen atoms in total. The van der Waals surface area contributed by atoms with E-state index in [1.54, 1.807) is 19.1 Å². The van der Waals surface area contributed by atoms with Gasteiger partial charge in [-0.25, -0.2) is 4.79 Å². The summed E-state index contributed by atoms with van der Waals surface area (Å²) >= 11 is 0. The number of ether oxygens (including phenoxy) is 1. The summed E-state index contributed by atoms with van der Waals surface area (Å²) in [6.07, 6.45) is 2.85. The van der Waals surface area contributed by atoms with Gasteiger partial charge in [-0.05, 0) is 48.7 Å². The summed E-state index contributed by atoms with van der Waals surface area (Å²) in [5, 5.41) is 0. The lowest BCUT2D eigenvalue weighted by Crippen LogP contribution is -2.03. The quantitative estimate of drug-likeness (QED) is 0.609. The molecule has 0 fully saturated rings. The van der Waals surface area contributed by atoms with Crippen molar-refractivity contribution in [3.8, 4) is 0 Å². The lowest BCUT2D eigenvalue weighted by atomic mass is 10.1. The number of carbonyl (C=O) groups is 1. The molecule has 0 unspecified atom stereocenters. The van der Waals surface area contributed by atoms with Crippen LogP contribution in [-0.4, -0.2) is 18.8 Å². The van der Waals surface area contributed by atoms with E-state index in [1.165, 1.54) is 5.56 Å². The normalized spacial score (nSPS) is 10.8. The molecule has 21 heavy (non-hydrogen) atoms. The summed E-state index contributed by atoms with van der Waals surface area (Å²) in [4.78, 5) is 15.9. The second kappa shape index (κ2) is 7.39. The third-order valence-corrected chi connectivity index (χ3v) is 3.13. The Morgan fingerprint density at radius 2 is 1.71 bits per heavy atom. The van der Waals surface area contributed by atoms with Gasteiger partial charge in [0.1, 0.15) is 0 Å². The summed E-state index contributed by atoms with van der Waals surface area (Å²) in [5.74, 6) is -0.303. The minimum Gasteiger partial charge on any atom is -0.462 e. The lowest BCUT2D eigenvalue weighted by molar-refractivity contribution is 0.0526. The van der Waals surface area contributed by atoms with Crippen molar-refractivity contribution in [3.05, 3.63) is 65.2 Å². The fourth-order valence-electron chi connectivity index (χ4n) is 1.89. The average Bonchev–Trinajstić information content (AvgIpc) is 2.54. The Morgan fingerprint density at radius 3 is 2.29 bits per heavy atom. The van der Waals surface area contributed by atoms with E-state index in [4.69, 9.17) is 4.74 Å². The highest BCUT2D eigenvalue weighted by Crippen LogP contribution is 2.14. The summed E-state index contributed by atoms with van der Waals surface area (Å²) in [6.45, 7) is 4.31. The standard InChI is InChI=1S/C18H19NO2/c1-3-14-5-7-15(8-6-14)13-19-17-11-9-16(10-12-17)18(20)21-4-2/h5-13H,3-4H2,1-2H3/b19-13+. The van der Waals surface area contributed by atoms with Gasteiger partial charge in [0.25, 0.3) is 0 Å². The van der Waals surface area contributed by atoms with Crippen LogP contribution in [-0.2, 0) is 11.2 Å². The molecule has 2 aromatic rings. The van der Waals surface area contributed by atoms with Crippen LogP contribution in [0.15, 0.2) is 53.5 Å². The average molecular weight is 281 g/mol. The lowest BCUT2D eigenvalue weighted by Gasteiger charge is -2.01. The van der Waals surface area contributed by atoms with Gasteiger partial charge in [-0.3, -0.25) is 4.99 Å². The molecule has 0 spiro atoms. The zero-order valence-corrected chi connectivity index (χ0v) is 12.4. The molecule has 3 heteroatoms. The third-order valence-electron chi connectivity index (χ3n) is 3.13. The van der Waals surface area contributed by atoms with Crippen LogP contribution in [0.5, 0.6) is 0 Å². The Morgan fingerprint density at radius 1 is 1.05 bits per heavy atom. The maximum Gasteiger partial charge on any atom is 0.338 e. The molecule has 0 saturated carbocycles. The van der Waals surface area contributed by atoms with Crippen molar-refractivity contribution in [1.82, 2.24) is 0 Å². The van der Waals surface area contributed by atoms with Crippen LogP contribution >= 0.6 is 0 Å². The van der Waals surface area contributed by atoms with Crippen molar-refractivity contribution in [2.24, 2.45) is 4.99 Å². The minimum absolute atomic E-state index is 0.303. The number of benzene rings is 2. The van der Waals surface area contributed by atoms with Crippen molar-refractivity contribution in [2.45, 2.75) is 20.3 Å². The number of aliphatic imine (C=N–C) groups is 1. The number of hydrogen-bond acceptors (Lipinski definition) is 3. The molecule has 0 radical (unpaired) electrons. The summed E-state index contributed by atoms with van der Waals surface area (Å²) < 4.78 is 4.94. The second-order valence-electron chi connectivity index (χ2n) is 4.62. The first kappa shape index (κ1) is 15.0. The molecular weight excluding hydrogens is 262 g/mol. The number of carbonyl (C=O) groups excluding carboxylic acids is 1. The Bertz CT molecular complexity index is 613. The molecule has 0 amide bonds. The predicted molar refractivity (Wildman–Crippen MR) is 85.5 cm³/mol. The predicted octanol–water partition coefficient (Wildman–Crippen LogP) is 4.18. The largest absolute Gasteiger partial charge is 0.462 e. The van der Waals surface area contributed by atoms with Crippen molar-refractivity contribution in [2.75, 3.05) is 6.61 Å². The Labute approximate surface area is 125 Å². The van der Waals surface area contributed by atoms with E-state index < -0.39 is 0 Å². The van der Waals surface area contributed by atoms with Crippen molar-refractivity contribution in [3.63, 3.8) is 0 Å². The van der Waals surface area contributed by atoms with Crippen molar-refractivity contribution < 1.29 is 9.53 Å². The summed E-state index contributed by atoms with van der Waals surface area (Å²) in [7, 11) is 0. The molecule has 0 bridgehead atoms. The van der Waals surface area contributed by atoms with Crippen LogP contribution in [0.25, 0.3) is 0 Å². The van der Waals surface area contributed by atoms with Crippen LogP contribution in [0.2, 0.25) is 0 Å². The molecule has 0 aliphatic heterocycles. The summed E-state index contributed by atoms with van der Waals surface area (Å²) in [5.41, 5.74) is 3.72. The van der Waals surface area contributed by atoms with E-state index in [9.17, 15) is 4.79 Å². The molecule has 0 saturated heterocycles. The maximum absolute atomic E-state index is 11.5. The van der Waals surface area contributed by atoms with Crippen LogP contribution < -0.4 is 0 Å². The number of hydrogen-bond donors (Lipinski definition) is 0. The van der Waals surface area contributed by atoms with Crippen molar-refractivity contribution >= 4 is 17.9 Å².